The molecule has 0 saturated carbocycles. The van der Waals surface area contributed by atoms with E-state index in [1.165, 1.54) is 0 Å². The second-order valence-corrected chi connectivity index (χ2v) is 7.52. The molecule has 0 aliphatic carbocycles. The Hall–Kier alpha value is -1.50. The molecule has 2 atom stereocenters. The first kappa shape index (κ1) is 14.9. The van der Waals surface area contributed by atoms with Crippen LogP contribution in [-0.2, 0) is 9.84 Å². The maximum atomic E-state index is 11.7. The van der Waals surface area contributed by atoms with Crippen LogP contribution in [0.3, 0.4) is 0 Å². The zero-order chi connectivity index (χ0) is 14.8. The van der Waals surface area contributed by atoms with E-state index >= 15 is 0 Å². The van der Waals surface area contributed by atoms with Gasteiger partial charge in [-0.25, -0.2) is 13.2 Å². The van der Waals surface area contributed by atoms with Gasteiger partial charge in [-0.1, -0.05) is 0 Å². The molecular formula is C13H20N2O4S. The third-order valence-corrected chi connectivity index (χ3v) is 5.25. The summed E-state index contributed by atoms with van der Waals surface area (Å²) in [5, 5.41) is 5.47. The average Bonchev–Trinajstić information content (AvgIpc) is 2.93. The Morgan fingerprint density at radius 2 is 2.25 bits per heavy atom. The van der Waals surface area contributed by atoms with Gasteiger partial charge in [0.2, 0.25) is 0 Å². The zero-order valence-corrected chi connectivity index (χ0v) is 12.5. The monoisotopic (exact) mass is 300 g/mol. The number of carbonyl (C=O) groups excluding carboxylic acids is 1. The predicted molar refractivity (Wildman–Crippen MR) is 75.2 cm³/mol. The first-order chi connectivity index (χ1) is 9.35. The number of rotatable bonds is 4. The van der Waals surface area contributed by atoms with E-state index in [9.17, 15) is 13.2 Å². The molecule has 0 unspecified atom stereocenters. The smallest absolute Gasteiger partial charge is 0.315 e. The fraction of sp³-hybridized carbons (Fsp3) is 0.615. The molecule has 0 bridgehead atoms. The molecule has 1 fully saturated rings. The van der Waals surface area contributed by atoms with E-state index in [2.05, 4.69) is 10.6 Å². The third-order valence-electron chi connectivity index (χ3n) is 3.41. The minimum Gasteiger partial charge on any atom is -0.464 e. The van der Waals surface area contributed by atoms with Gasteiger partial charge in [0.15, 0.2) is 9.84 Å². The second-order valence-electron chi connectivity index (χ2n) is 5.29. The van der Waals surface area contributed by atoms with Crippen LogP contribution in [0.4, 0.5) is 4.79 Å². The molecule has 2 rings (SSSR count). The Bertz CT molecular complexity index is 579. The number of urea groups is 1. The quantitative estimate of drug-likeness (QED) is 0.879. The van der Waals surface area contributed by atoms with E-state index in [0.717, 1.165) is 5.76 Å². The number of aryl methyl sites for hydroxylation is 1. The molecule has 6 nitrogen and oxygen atoms in total. The summed E-state index contributed by atoms with van der Waals surface area (Å²) >= 11 is 0. The average molecular weight is 300 g/mol. The van der Waals surface area contributed by atoms with Crippen molar-refractivity contribution < 1.29 is 17.6 Å². The van der Waals surface area contributed by atoms with Gasteiger partial charge < -0.3 is 15.1 Å². The number of sulfone groups is 1. The molecule has 20 heavy (non-hydrogen) atoms. The van der Waals surface area contributed by atoms with Gasteiger partial charge in [-0.2, -0.15) is 0 Å². The van der Waals surface area contributed by atoms with E-state index in [4.69, 9.17) is 4.42 Å². The molecule has 1 aromatic heterocycles. The summed E-state index contributed by atoms with van der Waals surface area (Å²) in [6, 6.07) is 3.13. The van der Waals surface area contributed by atoms with Gasteiger partial charge in [-0.15, -0.1) is 0 Å². The van der Waals surface area contributed by atoms with Gasteiger partial charge in [-0.3, -0.25) is 0 Å². The maximum Gasteiger partial charge on any atom is 0.315 e. The molecule has 0 radical (unpaired) electrons. The van der Waals surface area contributed by atoms with Crippen LogP contribution >= 0.6 is 0 Å². The lowest BCUT2D eigenvalue weighted by molar-refractivity contribution is 0.234. The van der Waals surface area contributed by atoms with Crippen molar-refractivity contribution >= 4 is 15.9 Å². The Kier molecular flexibility index (Phi) is 4.37. The fourth-order valence-electron chi connectivity index (χ4n) is 2.27. The summed E-state index contributed by atoms with van der Waals surface area (Å²) in [6.45, 7) is 4.06. The van der Waals surface area contributed by atoms with Crippen LogP contribution in [-0.4, -0.2) is 32.5 Å². The summed E-state index contributed by atoms with van der Waals surface area (Å²) in [4.78, 5) is 11.7. The van der Waals surface area contributed by atoms with Crippen LogP contribution < -0.4 is 10.6 Å². The van der Waals surface area contributed by atoms with E-state index in [1.54, 1.807) is 0 Å². The van der Waals surface area contributed by atoms with Crippen LogP contribution in [0.1, 0.15) is 30.9 Å². The van der Waals surface area contributed by atoms with Gasteiger partial charge in [0.1, 0.15) is 11.5 Å². The summed E-state index contributed by atoms with van der Waals surface area (Å²) in [6.07, 6.45) is 0.621. The Balaban J connectivity index is 1.76. The lowest BCUT2D eigenvalue weighted by Gasteiger charge is -2.14. The van der Waals surface area contributed by atoms with Crippen molar-refractivity contribution in [1.82, 2.24) is 10.6 Å². The molecule has 1 saturated heterocycles. The SMILES string of the molecule is Cc1ccc([C@@H](C)NC(=O)NC[C@H]2CCS(=O)(=O)C2)o1. The molecular weight excluding hydrogens is 280 g/mol. The Morgan fingerprint density at radius 1 is 1.50 bits per heavy atom. The van der Waals surface area contributed by atoms with Gasteiger partial charge in [0, 0.05) is 6.54 Å². The van der Waals surface area contributed by atoms with Crippen molar-refractivity contribution in [3.05, 3.63) is 23.7 Å². The Morgan fingerprint density at radius 3 is 2.80 bits per heavy atom. The largest absolute Gasteiger partial charge is 0.464 e. The highest BCUT2D eigenvalue weighted by Crippen LogP contribution is 2.18. The van der Waals surface area contributed by atoms with Gasteiger partial charge >= 0.3 is 6.03 Å². The van der Waals surface area contributed by atoms with Crippen molar-refractivity contribution in [3.8, 4) is 0 Å². The molecule has 0 aromatic carbocycles. The van der Waals surface area contributed by atoms with Crippen molar-refractivity contribution in [2.45, 2.75) is 26.3 Å². The van der Waals surface area contributed by atoms with E-state index in [1.807, 2.05) is 26.0 Å². The fourth-order valence-corrected chi connectivity index (χ4v) is 4.14. The molecule has 0 spiro atoms. The van der Waals surface area contributed by atoms with Crippen LogP contribution in [0, 0.1) is 12.8 Å². The lowest BCUT2D eigenvalue weighted by atomic mass is 10.1. The number of hydrogen-bond donors (Lipinski definition) is 2. The van der Waals surface area contributed by atoms with Gasteiger partial charge in [0.25, 0.3) is 0 Å². The molecule has 1 aliphatic heterocycles. The summed E-state index contributed by atoms with van der Waals surface area (Å²) in [7, 11) is -2.89. The normalized spacial score (nSPS) is 22.4. The van der Waals surface area contributed by atoms with Crippen molar-refractivity contribution in [3.63, 3.8) is 0 Å². The lowest BCUT2D eigenvalue weighted by Crippen LogP contribution is -2.39. The molecule has 1 aromatic rings. The standard InChI is InChI=1S/C13H20N2O4S/c1-9-3-4-12(19-9)10(2)15-13(16)14-7-11-5-6-20(17,18)8-11/h3-4,10-11H,5-8H2,1-2H3,(H2,14,15,16)/t10-,11-/m1/s1. The number of amides is 2. The van der Waals surface area contributed by atoms with Crippen molar-refractivity contribution in [1.29, 1.82) is 0 Å². The highest BCUT2D eigenvalue weighted by Gasteiger charge is 2.28. The topological polar surface area (TPSA) is 88.4 Å². The molecule has 2 heterocycles. The Labute approximate surface area is 118 Å². The van der Waals surface area contributed by atoms with E-state index in [-0.39, 0.29) is 29.5 Å². The van der Waals surface area contributed by atoms with Crippen LogP contribution in [0.5, 0.6) is 0 Å². The summed E-state index contributed by atoms with van der Waals surface area (Å²) < 4.78 is 28.0. The maximum absolute atomic E-state index is 11.7. The van der Waals surface area contributed by atoms with E-state index < -0.39 is 9.84 Å². The molecule has 7 heteroatoms. The molecule has 1 aliphatic rings. The highest BCUT2D eigenvalue weighted by atomic mass is 32.2. The molecule has 2 amide bonds. The van der Waals surface area contributed by atoms with Crippen LogP contribution in [0.15, 0.2) is 16.5 Å². The first-order valence-electron chi connectivity index (χ1n) is 6.67. The summed E-state index contributed by atoms with van der Waals surface area (Å²) in [5.41, 5.74) is 0. The number of hydrogen-bond acceptors (Lipinski definition) is 4. The number of carbonyl (C=O) groups is 1. The summed E-state index contributed by atoms with van der Waals surface area (Å²) in [5.74, 6) is 1.90. The van der Waals surface area contributed by atoms with Gasteiger partial charge in [-0.05, 0) is 38.3 Å². The van der Waals surface area contributed by atoms with Gasteiger partial charge in [0.05, 0.1) is 17.5 Å². The van der Waals surface area contributed by atoms with E-state index in [0.29, 0.717) is 18.7 Å². The second kappa shape index (κ2) is 5.87. The third kappa shape index (κ3) is 4.00. The van der Waals surface area contributed by atoms with Crippen LogP contribution in [0.2, 0.25) is 0 Å². The van der Waals surface area contributed by atoms with Crippen molar-refractivity contribution in [2.24, 2.45) is 5.92 Å². The minimum absolute atomic E-state index is 0.0203. The van der Waals surface area contributed by atoms with Crippen LogP contribution in [0.25, 0.3) is 0 Å². The minimum atomic E-state index is -2.89. The predicted octanol–water partition coefficient (Wildman–Crippen LogP) is 1.38. The first-order valence-corrected chi connectivity index (χ1v) is 8.49. The number of nitrogens with one attached hydrogen (secondary N) is 2. The number of furan rings is 1. The van der Waals surface area contributed by atoms with Crippen molar-refractivity contribution in [2.75, 3.05) is 18.1 Å². The highest BCUT2D eigenvalue weighted by molar-refractivity contribution is 7.91. The molecule has 112 valence electrons. The molecule has 2 N–H and O–H groups in total. The zero-order valence-electron chi connectivity index (χ0n) is 11.7.